The van der Waals surface area contributed by atoms with Gasteiger partial charge in [0.15, 0.2) is 5.78 Å². The zero-order chi connectivity index (χ0) is 18.4. The topological polar surface area (TPSA) is 55.4 Å². The highest BCUT2D eigenvalue weighted by Gasteiger charge is 2.34. The molecule has 0 spiro atoms. The average molecular weight is 522 g/mol. The smallest absolute Gasteiger partial charge is 0.407 e. The minimum Gasteiger partial charge on any atom is -0.447 e. The number of alkyl carbamates (subject to hydrolysis) is 1. The molecule has 1 aromatic carbocycles. The molecule has 1 aliphatic rings. The number of hydrogen-bond acceptors (Lipinski definition) is 3. The molecule has 4 nitrogen and oxygen atoms in total. The SMILES string of the molecule is CC(CCC1COC(=O)N1)CCC(C)(C(=O)CBr)c1cccc(I)c1. The maximum atomic E-state index is 12.6. The van der Waals surface area contributed by atoms with E-state index in [1.165, 1.54) is 0 Å². The molecule has 1 aromatic rings. The summed E-state index contributed by atoms with van der Waals surface area (Å²) >= 11 is 5.64. The van der Waals surface area contributed by atoms with Crippen molar-refractivity contribution in [2.24, 2.45) is 5.92 Å². The van der Waals surface area contributed by atoms with Gasteiger partial charge in [-0.2, -0.15) is 0 Å². The summed E-state index contributed by atoms with van der Waals surface area (Å²) in [5, 5.41) is 3.19. The Morgan fingerprint density at radius 2 is 2.24 bits per heavy atom. The van der Waals surface area contributed by atoms with Crippen molar-refractivity contribution in [3.05, 3.63) is 33.4 Å². The van der Waals surface area contributed by atoms with Gasteiger partial charge in [-0.25, -0.2) is 4.79 Å². The number of ketones is 1. The first-order valence-corrected chi connectivity index (χ1v) is 10.8. The molecule has 0 saturated carbocycles. The highest BCUT2D eigenvalue weighted by molar-refractivity contribution is 14.1. The second-order valence-electron chi connectivity index (χ2n) is 7.06. The maximum Gasteiger partial charge on any atom is 0.407 e. The van der Waals surface area contributed by atoms with Crippen LogP contribution in [0.4, 0.5) is 4.79 Å². The minimum atomic E-state index is -0.469. The van der Waals surface area contributed by atoms with Gasteiger partial charge in [0.2, 0.25) is 0 Å². The van der Waals surface area contributed by atoms with Crippen molar-refractivity contribution >= 4 is 50.4 Å². The average Bonchev–Trinajstić information content (AvgIpc) is 3.02. The molecule has 2 rings (SSSR count). The highest BCUT2D eigenvalue weighted by Crippen LogP contribution is 2.34. The molecule has 6 heteroatoms. The Balaban J connectivity index is 1.95. The first kappa shape index (κ1) is 20.7. The summed E-state index contributed by atoms with van der Waals surface area (Å²) < 4.78 is 6.07. The van der Waals surface area contributed by atoms with Crippen molar-refractivity contribution in [3.63, 3.8) is 0 Å². The van der Waals surface area contributed by atoms with Crippen molar-refractivity contribution in [2.75, 3.05) is 11.9 Å². The van der Waals surface area contributed by atoms with Crippen LogP contribution in [0.3, 0.4) is 0 Å². The van der Waals surface area contributed by atoms with E-state index >= 15 is 0 Å². The molecule has 1 amide bonds. The van der Waals surface area contributed by atoms with Crippen LogP contribution in [0.25, 0.3) is 0 Å². The number of alkyl halides is 1. The highest BCUT2D eigenvalue weighted by atomic mass is 127. The van der Waals surface area contributed by atoms with Crippen molar-refractivity contribution in [2.45, 2.75) is 51.0 Å². The molecule has 0 radical (unpaired) electrons. The third-order valence-electron chi connectivity index (χ3n) is 5.08. The molecule has 3 unspecified atom stereocenters. The molecule has 1 heterocycles. The van der Waals surface area contributed by atoms with Gasteiger partial charge in [0, 0.05) is 3.57 Å². The number of benzene rings is 1. The number of Topliss-reactive ketones (excluding diaryl/α,β-unsaturated/α-hetero) is 1. The second-order valence-corrected chi connectivity index (χ2v) is 8.87. The maximum absolute atomic E-state index is 12.6. The number of cyclic esters (lactones) is 1. The second kappa shape index (κ2) is 9.35. The molecule has 3 atom stereocenters. The Bertz CT molecular complexity index is 624. The van der Waals surface area contributed by atoms with Crippen LogP contribution in [0.1, 0.15) is 45.1 Å². The van der Waals surface area contributed by atoms with Gasteiger partial charge in [0.05, 0.1) is 16.8 Å². The minimum absolute atomic E-state index is 0.126. The molecule has 1 saturated heterocycles. The Morgan fingerprint density at radius 3 is 2.84 bits per heavy atom. The van der Waals surface area contributed by atoms with Crippen LogP contribution >= 0.6 is 38.5 Å². The summed E-state index contributed by atoms with van der Waals surface area (Å²) in [7, 11) is 0. The normalized spacial score (nSPS) is 20.5. The predicted molar refractivity (Wildman–Crippen MR) is 111 cm³/mol. The zero-order valence-corrected chi connectivity index (χ0v) is 18.4. The number of nitrogens with one attached hydrogen (secondary N) is 1. The van der Waals surface area contributed by atoms with Crippen LogP contribution < -0.4 is 5.32 Å². The number of rotatable bonds is 9. The number of carbonyl (C=O) groups is 2. The van der Waals surface area contributed by atoms with Gasteiger partial charge in [-0.05, 0) is 78.8 Å². The van der Waals surface area contributed by atoms with Crippen molar-refractivity contribution in [1.29, 1.82) is 0 Å². The lowest BCUT2D eigenvalue weighted by atomic mass is 9.74. The summed E-state index contributed by atoms with van der Waals surface area (Å²) in [5.74, 6) is 0.709. The van der Waals surface area contributed by atoms with Crippen LogP contribution in [0.2, 0.25) is 0 Å². The Kier molecular flexibility index (Phi) is 7.73. The lowest BCUT2D eigenvalue weighted by Gasteiger charge is -2.30. The van der Waals surface area contributed by atoms with Crippen molar-refractivity contribution in [3.8, 4) is 0 Å². The molecule has 0 bridgehead atoms. The lowest BCUT2D eigenvalue weighted by molar-refractivity contribution is -0.121. The van der Waals surface area contributed by atoms with Crippen LogP contribution in [-0.4, -0.2) is 29.9 Å². The molecule has 25 heavy (non-hydrogen) atoms. The lowest BCUT2D eigenvalue weighted by Crippen LogP contribution is -2.34. The van der Waals surface area contributed by atoms with E-state index in [9.17, 15) is 9.59 Å². The molecule has 1 aliphatic heterocycles. The molecule has 1 fully saturated rings. The van der Waals surface area contributed by atoms with Gasteiger partial charge in [-0.1, -0.05) is 35.0 Å². The van der Waals surface area contributed by atoms with Crippen LogP contribution in [0.5, 0.6) is 0 Å². The zero-order valence-electron chi connectivity index (χ0n) is 14.7. The van der Waals surface area contributed by atoms with Gasteiger partial charge in [-0.3, -0.25) is 4.79 Å². The fourth-order valence-corrected chi connectivity index (χ4v) is 4.33. The van der Waals surface area contributed by atoms with Gasteiger partial charge >= 0.3 is 6.09 Å². The fourth-order valence-electron chi connectivity index (χ4n) is 3.17. The third-order valence-corrected chi connectivity index (χ3v) is 6.26. The number of carbonyl (C=O) groups excluding carboxylic acids is 2. The van der Waals surface area contributed by atoms with E-state index in [2.05, 4.69) is 69.8 Å². The van der Waals surface area contributed by atoms with E-state index in [0.29, 0.717) is 17.9 Å². The Hall–Kier alpha value is -0.630. The van der Waals surface area contributed by atoms with Gasteiger partial charge in [0.1, 0.15) is 6.61 Å². The number of ether oxygens (including phenoxy) is 1. The standard InChI is InChI=1S/C19H25BrINO3/c1-13(6-7-16-12-25-18(24)22-16)8-9-19(2,17(23)11-20)14-4-3-5-15(21)10-14/h3-5,10,13,16H,6-9,11-12H2,1-2H3,(H,22,24). The van der Waals surface area contributed by atoms with Gasteiger partial charge in [0.25, 0.3) is 0 Å². The van der Waals surface area contributed by atoms with E-state index in [0.717, 1.165) is 34.8 Å². The van der Waals surface area contributed by atoms with Gasteiger partial charge in [-0.15, -0.1) is 0 Å². The van der Waals surface area contributed by atoms with E-state index < -0.39 is 5.41 Å². The van der Waals surface area contributed by atoms with Crippen LogP contribution in [0.15, 0.2) is 24.3 Å². The number of hydrogen-bond donors (Lipinski definition) is 1. The largest absolute Gasteiger partial charge is 0.447 e. The van der Waals surface area contributed by atoms with Crippen molar-refractivity contribution < 1.29 is 14.3 Å². The first-order chi connectivity index (χ1) is 11.8. The monoisotopic (exact) mass is 521 g/mol. The molecule has 138 valence electrons. The molecular weight excluding hydrogens is 497 g/mol. The van der Waals surface area contributed by atoms with E-state index in [1.54, 1.807) is 0 Å². The molecule has 0 aliphatic carbocycles. The Morgan fingerprint density at radius 1 is 1.48 bits per heavy atom. The van der Waals surface area contributed by atoms with Crippen LogP contribution in [0, 0.1) is 9.49 Å². The predicted octanol–water partition coefficient (Wildman–Crippen LogP) is 4.82. The van der Waals surface area contributed by atoms with Gasteiger partial charge < -0.3 is 10.1 Å². The van der Waals surface area contributed by atoms with E-state index in [-0.39, 0.29) is 17.9 Å². The van der Waals surface area contributed by atoms with Crippen molar-refractivity contribution in [1.82, 2.24) is 5.32 Å². The molecule has 0 aromatic heterocycles. The summed E-state index contributed by atoms with van der Waals surface area (Å²) in [4.78, 5) is 23.7. The van der Waals surface area contributed by atoms with Crippen LogP contribution in [-0.2, 0) is 14.9 Å². The summed E-state index contributed by atoms with van der Waals surface area (Å²) in [5.41, 5.74) is 0.622. The quantitative estimate of drug-likeness (QED) is 0.374. The Labute approximate surface area is 171 Å². The molecular formula is C19H25BrINO3. The number of amides is 1. The molecule has 1 N–H and O–H groups in total. The summed E-state index contributed by atoms with van der Waals surface area (Å²) in [6.07, 6.45) is 3.42. The summed E-state index contributed by atoms with van der Waals surface area (Å²) in [6, 6.07) is 8.35. The van der Waals surface area contributed by atoms with E-state index in [4.69, 9.17) is 4.74 Å². The first-order valence-electron chi connectivity index (χ1n) is 8.63. The fraction of sp³-hybridized carbons (Fsp3) is 0.579. The summed E-state index contributed by atoms with van der Waals surface area (Å²) in [6.45, 7) is 4.74. The number of halogens is 2. The van der Waals surface area contributed by atoms with E-state index in [1.807, 2.05) is 12.1 Å². The third kappa shape index (κ3) is 5.67.